The van der Waals surface area contributed by atoms with Crippen LogP contribution >= 0.6 is 0 Å². The van der Waals surface area contributed by atoms with E-state index in [0.29, 0.717) is 6.21 Å². The molecule has 0 rings (SSSR count). The van der Waals surface area contributed by atoms with Gasteiger partial charge in [0.2, 0.25) is 0 Å². The number of carbonyl (C=O) groups is 2. The topological polar surface area (TPSA) is 168 Å². The van der Waals surface area contributed by atoms with Gasteiger partial charge in [-0.3, -0.25) is 0 Å². The summed E-state index contributed by atoms with van der Waals surface area (Å²) in [7, 11) is 0. The SMILES string of the molecule is CC(C)=O.CC(C)=O.OCC(O)C(O)C(O)C(O)C=NO. The van der Waals surface area contributed by atoms with Crippen LogP contribution in [0.25, 0.3) is 0 Å². The number of hydrogen-bond acceptors (Lipinski definition) is 9. The number of aliphatic hydroxyl groups excluding tert-OH is 5. The second-order valence-corrected chi connectivity index (χ2v) is 4.30. The van der Waals surface area contributed by atoms with Gasteiger partial charge in [0.1, 0.15) is 36.0 Å². The van der Waals surface area contributed by atoms with Gasteiger partial charge >= 0.3 is 0 Å². The van der Waals surface area contributed by atoms with Crippen LogP contribution in [0.4, 0.5) is 0 Å². The maximum absolute atomic E-state index is 9.44. The molecular weight excluding hydrogens is 286 g/mol. The highest BCUT2D eigenvalue weighted by Gasteiger charge is 2.29. The first kappa shape index (κ1) is 24.6. The zero-order valence-corrected chi connectivity index (χ0v) is 12.5. The highest BCUT2D eigenvalue weighted by Crippen LogP contribution is 2.03. The van der Waals surface area contributed by atoms with Crippen molar-refractivity contribution in [2.75, 3.05) is 6.61 Å². The maximum Gasteiger partial charge on any atom is 0.126 e. The van der Waals surface area contributed by atoms with Crippen molar-refractivity contribution in [1.82, 2.24) is 0 Å². The fourth-order valence-corrected chi connectivity index (χ4v) is 0.694. The maximum atomic E-state index is 9.44. The van der Waals surface area contributed by atoms with Gasteiger partial charge in [-0.15, -0.1) is 0 Å². The van der Waals surface area contributed by atoms with Crippen LogP contribution in [0, 0.1) is 0 Å². The summed E-state index contributed by atoms with van der Waals surface area (Å²) >= 11 is 0. The van der Waals surface area contributed by atoms with E-state index in [1.54, 1.807) is 0 Å². The van der Waals surface area contributed by atoms with Gasteiger partial charge in [-0.1, -0.05) is 5.16 Å². The Morgan fingerprint density at radius 3 is 1.52 bits per heavy atom. The molecule has 0 radical (unpaired) electrons. The minimum Gasteiger partial charge on any atom is -0.411 e. The molecular formula is C12H25NO8. The van der Waals surface area contributed by atoms with Crippen LogP contribution in [-0.4, -0.2) is 79.5 Å². The Labute approximate surface area is 123 Å². The molecule has 0 aromatic rings. The second kappa shape index (κ2) is 15.0. The minimum absolute atomic E-state index is 0.167. The Hall–Kier alpha value is -1.39. The number of ketones is 2. The van der Waals surface area contributed by atoms with Crippen molar-refractivity contribution in [3.05, 3.63) is 0 Å². The number of hydrogen-bond donors (Lipinski definition) is 6. The van der Waals surface area contributed by atoms with Crippen LogP contribution in [-0.2, 0) is 9.59 Å². The van der Waals surface area contributed by atoms with E-state index in [-0.39, 0.29) is 11.6 Å². The lowest BCUT2D eigenvalue weighted by Gasteiger charge is -2.23. The first-order chi connectivity index (χ1) is 9.50. The van der Waals surface area contributed by atoms with E-state index in [0.717, 1.165) is 0 Å². The largest absolute Gasteiger partial charge is 0.411 e. The van der Waals surface area contributed by atoms with E-state index in [1.807, 2.05) is 0 Å². The lowest BCUT2D eigenvalue weighted by atomic mass is 10.0. The van der Waals surface area contributed by atoms with Crippen LogP contribution in [0.2, 0.25) is 0 Å². The molecule has 0 heterocycles. The van der Waals surface area contributed by atoms with Crippen molar-refractivity contribution < 1.29 is 40.3 Å². The van der Waals surface area contributed by atoms with Gasteiger partial charge in [0.25, 0.3) is 0 Å². The molecule has 0 aromatic heterocycles. The van der Waals surface area contributed by atoms with Gasteiger partial charge in [-0.05, 0) is 27.7 Å². The smallest absolute Gasteiger partial charge is 0.126 e. The Kier molecular flexibility index (Phi) is 17.6. The Balaban J connectivity index is -0.000000334. The predicted molar refractivity (Wildman–Crippen MR) is 74.1 cm³/mol. The molecule has 0 aliphatic heterocycles. The summed E-state index contributed by atoms with van der Waals surface area (Å²) in [6, 6.07) is 0. The van der Waals surface area contributed by atoms with Crippen molar-refractivity contribution in [1.29, 1.82) is 0 Å². The van der Waals surface area contributed by atoms with Gasteiger partial charge in [0.05, 0.1) is 12.8 Å². The summed E-state index contributed by atoms with van der Waals surface area (Å²) in [5.74, 6) is 0.333. The fourth-order valence-electron chi connectivity index (χ4n) is 0.694. The van der Waals surface area contributed by atoms with Gasteiger partial charge in [-0.2, -0.15) is 0 Å². The highest BCUT2D eigenvalue weighted by molar-refractivity contribution is 5.72. The van der Waals surface area contributed by atoms with Crippen molar-refractivity contribution in [2.45, 2.75) is 52.1 Å². The molecule has 9 heteroatoms. The summed E-state index contributed by atoms with van der Waals surface area (Å²) in [5.41, 5.74) is 0. The molecule has 0 aliphatic carbocycles. The molecule has 0 aliphatic rings. The third kappa shape index (κ3) is 21.1. The predicted octanol–water partition coefficient (Wildman–Crippen LogP) is -1.93. The van der Waals surface area contributed by atoms with Crippen LogP contribution in [0.15, 0.2) is 5.16 Å². The molecule has 6 N–H and O–H groups in total. The summed E-state index contributed by atoms with van der Waals surface area (Å²) < 4.78 is 0. The third-order valence-electron chi connectivity index (χ3n) is 1.50. The zero-order chi connectivity index (χ0) is 17.6. The van der Waals surface area contributed by atoms with Gasteiger partial charge in [-0.25, -0.2) is 0 Å². The molecule has 4 atom stereocenters. The van der Waals surface area contributed by atoms with Crippen molar-refractivity contribution in [3.63, 3.8) is 0 Å². The van der Waals surface area contributed by atoms with Crippen molar-refractivity contribution in [3.8, 4) is 0 Å². The molecule has 0 fully saturated rings. The van der Waals surface area contributed by atoms with Crippen LogP contribution < -0.4 is 0 Å². The van der Waals surface area contributed by atoms with Crippen LogP contribution in [0.1, 0.15) is 27.7 Å². The number of aliphatic hydroxyl groups is 5. The first-order valence-electron chi connectivity index (χ1n) is 5.96. The third-order valence-corrected chi connectivity index (χ3v) is 1.50. The number of Topliss-reactive ketones (excluding diaryl/α,β-unsaturated/α-hetero) is 2. The van der Waals surface area contributed by atoms with E-state index in [2.05, 4.69) is 5.16 Å². The van der Waals surface area contributed by atoms with Gasteiger partial charge < -0.3 is 40.3 Å². The highest BCUT2D eigenvalue weighted by atomic mass is 16.4. The minimum atomic E-state index is -1.72. The summed E-state index contributed by atoms with van der Waals surface area (Å²) in [6.07, 6.45) is -6.02. The first-order valence-corrected chi connectivity index (χ1v) is 5.96. The average Bonchev–Trinajstić information content (AvgIpc) is 2.35. The van der Waals surface area contributed by atoms with E-state index < -0.39 is 31.0 Å². The molecule has 21 heavy (non-hydrogen) atoms. The quantitative estimate of drug-likeness (QED) is 0.194. The Bertz CT molecular complexity index is 288. The standard InChI is InChI=1S/C6H13NO6.2C3H6O/c8-2-4(10)6(12)5(11)3(9)1-7-13;2*1-3(2)4/h1,3-6,8-13H,2H2;2*1-2H3. The number of oxime groups is 1. The van der Waals surface area contributed by atoms with Crippen LogP contribution in [0.3, 0.4) is 0 Å². The molecule has 0 saturated heterocycles. The molecule has 4 unspecified atom stereocenters. The molecule has 0 saturated carbocycles. The zero-order valence-electron chi connectivity index (χ0n) is 12.5. The molecule has 0 aromatic carbocycles. The lowest BCUT2D eigenvalue weighted by molar-refractivity contribution is -0.115. The molecule has 0 amide bonds. The van der Waals surface area contributed by atoms with Crippen molar-refractivity contribution in [2.24, 2.45) is 5.16 Å². The summed E-state index contributed by atoms with van der Waals surface area (Å²) in [6.45, 7) is 5.36. The van der Waals surface area contributed by atoms with E-state index in [9.17, 15) is 9.59 Å². The number of rotatable bonds is 5. The number of nitrogens with zero attached hydrogens (tertiary/aromatic N) is 1. The molecule has 9 nitrogen and oxygen atoms in total. The number of carbonyl (C=O) groups excluding carboxylic acids is 2. The Morgan fingerprint density at radius 2 is 1.29 bits per heavy atom. The second-order valence-electron chi connectivity index (χ2n) is 4.30. The molecule has 126 valence electrons. The fraction of sp³-hybridized carbons (Fsp3) is 0.750. The van der Waals surface area contributed by atoms with Crippen LogP contribution in [0.5, 0.6) is 0 Å². The van der Waals surface area contributed by atoms with Crippen molar-refractivity contribution >= 4 is 17.8 Å². The Morgan fingerprint density at radius 1 is 0.952 bits per heavy atom. The molecule has 0 bridgehead atoms. The summed E-state index contributed by atoms with van der Waals surface area (Å²) in [5, 5.41) is 54.6. The lowest BCUT2D eigenvalue weighted by Crippen LogP contribution is -2.46. The van der Waals surface area contributed by atoms with E-state index in [1.165, 1.54) is 27.7 Å². The average molecular weight is 311 g/mol. The van der Waals surface area contributed by atoms with Gasteiger partial charge in [0, 0.05) is 0 Å². The normalized spacial score (nSPS) is 15.7. The van der Waals surface area contributed by atoms with E-state index >= 15 is 0 Å². The van der Waals surface area contributed by atoms with Gasteiger partial charge in [0.15, 0.2) is 0 Å². The summed E-state index contributed by atoms with van der Waals surface area (Å²) in [4.78, 5) is 18.9. The molecule has 0 spiro atoms. The monoisotopic (exact) mass is 311 g/mol. The van der Waals surface area contributed by atoms with E-state index in [4.69, 9.17) is 30.7 Å².